The summed E-state index contributed by atoms with van der Waals surface area (Å²) in [4.78, 5) is 29.5. The molecule has 1 aromatic carbocycles. The number of hydrogen-bond donors (Lipinski definition) is 2. The molecular formula is C20H18ClFN4O4. The molecule has 0 bridgehead atoms. The lowest BCUT2D eigenvalue weighted by molar-refractivity contribution is 0.0837. The van der Waals surface area contributed by atoms with Crippen molar-refractivity contribution in [1.82, 2.24) is 20.1 Å². The first kappa shape index (κ1) is 21.6. The Morgan fingerprint density at radius 3 is 2.67 bits per heavy atom. The minimum atomic E-state index is -0.772. The highest BCUT2D eigenvalue weighted by Crippen LogP contribution is 2.20. The molecular weight excluding hydrogens is 415 g/mol. The number of pyridine rings is 1. The van der Waals surface area contributed by atoms with E-state index in [0.717, 1.165) is 16.9 Å². The van der Waals surface area contributed by atoms with Gasteiger partial charge >= 0.3 is 0 Å². The van der Waals surface area contributed by atoms with Gasteiger partial charge in [0.1, 0.15) is 11.4 Å². The molecule has 1 unspecified atom stereocenters. The first-order valence-corrected chi connectivity index (χ1v) is 9.22. The zero-order chi connectivity index (χ0) is 21.7. The molecule has 3 rings (SSSR count). The van der Waals surface area contributed by atoms with Crippen molar-refractivity contribution in [3.8, 4) is 16.9 Å². The van der Waals surface area contributed by atoms with Crippen molar-refractivity contribution in [2.24, 2.45) is 0 Å². The van der Waals surface area contributed by atoms with E-state index in [4.69, 9.17) is 16.3 Å². The Hall–Kier alpha value is -3.14. The van der Waals surface area contributed by atoms with Crippen LogP contribution in [0.1, 0.15) is 10.4 Å². The van der Waals surface area contributed by atoms with Gasteiger partial charge in [0, 0.05) is 23.8 Å². The Morgan fingerprint density at radius 2 is 2.03 bits per heavy atom. The van der Waals surface area contributed by atoms with Crippen molar-refractivity contribution in [1.29, 1.82) is 0 Å². The van der Waals surface area contributed by atoms with Crippen LogP contribution in [0.5, 0.6) is 0 Å². The van der Waals surface area contributed by atoms with Crippen molar-refractivity contribution >= 4 is 17.5 Å². The second kappa shape index (κ2) is 9.57. The van der Waals surface area contributed by atoms with Crippen molar-refractivity contribution in [3.63, 3.8) is 0 Å². The quantitative estimate of drug-likeness (QED) is 0.590. The van der Waals surface area contributed by atoms with E-state index in [1.54, 1.807) is 24.3 Å². The van der Waals surface area contributed by atoms with Gasteiger partial charge in [-0.1, -0.05) is 23.7 Å². The van der Waals surface area contributed by atoms with Crippen LogP contribution in [-0.2, 0) is 4.74 Å². The van der Waals surface area contributed by atoms with E-state index in [9.17, 15) is 19.1 Å². The SMILES string of the molecule is COCC(CO)NC(=O)c1cc(-c2ccc(Cl)cc2)nn(-c2cncc(F)c2)c1=O. The molecule has 0 saturated heterocycles. The molecule has 2 aromatic heterocycles. The average Bonchev–Trinajstić information content (AvgIpc) is 2.74. The molecule has 0 spiro atoms. The number of aromatic nitrogens is 3. The van der Waals surface area contributed by atoms with Crippen LogP contribution in [-0.4, -0.2) is 52.1 Å². The Kier molecular flexibility index (Phi) is 6.88. The van der Waals surface area contributed by atoms with Gasteiger partial charge in [-0.3, -0.25) is 14.6 Å². The second-order valence-electron chi connectivity index (χ2n) is 6.34. The fourth-order valence-corrected chi connectivity index (χ4v) is 2.84. The number of nitrogens with zero attached hydrogens (tertiary/aromatic N) is 3. The van der Waals surface area contributed by atoms with E-state index in [1.165, 1.54) is 19.4 Å². The van der Waals surface area contributed by atoms with Crippen LogP contribution in [0.4, 0.5) is 4.39 Å². The standard InChI is InChI=1S/C20H18ClFN4O4/c1-30-11-15(10-27)24-19(28)17-7-18(12-2-4-13(21)5-3-12)25-26(20(17)29)16-6-14(22)8-23-9-16/h2-9,15,27H,10-11H2,1H3,(H,24,28). The van der Waals surface area contributed by atoms with Crippen LogP contribution in [0.15, 0.2) is 53.6 Å². The molecule has 1 amide bonds. The first-order chi connectivity index (χ1) is 14.4. The van der Waals surface area contributed by atoms with Gasteiger partial charge in [0.05, 0.1) is 43.0 Å². The second-order valence-corrected chi connectivity index (χ2v) is 6.77. The number of ether oxygens (including phenoxy) is 1. The lowest BCUT2D eigenvalue weighted by atomic mass is 10.1. The van der Waals surface area contributed by atoms with Gasteiger partial charge in [0.25, 0.3) is 11.5 Å². The van der Waals surface area contributed by atoms with E-state index < -0.39 is 23.3 Å². The molecule has 30 heavy (non-hydrogen) atoms. The molecule has 0 aliphatic heterocycles. The van der Waals surface area contributed by atoms with Gasteiger partial charge in [0.2, 0.25) is 0 Å². The maximum atomic E-state index is 13.7. The number of amides is 1. The third kappa shape index (κ3) is 4.88. The highest BCUT2D eigenvalue weighted by molar-refractivity contribution is 6.30. The number of rotatable bonds is 7. The summed E-state index contributed by atoms with van der Waals surface area (Å²) in [5.41, 5.74) is -0.0870. The van der Waals surface area contributed by atoms with Gasteiger partial charge in [-0.05, 0) is 18.2 Å². The van der Waals surface area contributed by atoms with Crippen LogP contribution < -0.4 is 10.9 Å². The normalized spacial score (nSPS) is 11.9. The summed E-state index contributed by atoms with van der Waals surface area (Å²) in [5, 5.41) is 16.7. The van der Waals surface area contributed by atoms with Crippen LogP contribution in [0.2, 0.25) is 5.02 Å². The monoisotopic (exact) mass is 432 g/mol. The molecule has 2 heterocycles. The topological polar surface area (TPSA) is 106 Å². The predicted molar refractivity (Wildman–Crippen MR) is 108 cm³/mol. The maximum absolute atomic E-state index is 13.7. The molecule has 2 N–H and O–H groups in total. The van der Waals surface area contributed by atoms with Gasteiger partial charge < -0.3 is 15.2 Å². The summed E-state index contributed by atoms with van der Waals surface area (Å²) in [6.45, 7) is -0.323. The van der Waals surface area contributed by atoms with Crippen molar-refractivity contribution in [2.45, 2.75) is 6.04 Å². The smallest absolute Gasteiger partial charge is 0.284 e. The minimum absolute atomic E-state index is 0.0549. The highest BCUT2D eigenvalue weighted by atomic mass is 35.5. The summed E-state index contributed by atoms with van der Waals surface area (Å²) in [6.07, 6.45) is 2.24. The number of aliphatic hydroxyl groups is 1. The van der Waals surface area contributed by atoms with E-state index in [2.05, 4.69) is 15.4 Å². The Labute approximate surface area is 175 Å². The highest BCUT2D eigenvalue weighted by Gasteiger charge is 2.20. The van der Waals surface area contributed by atoms with Crippen LogP contribution in [0, 0.1) is 5.82 Å². The molecule has 0 aliphatic rings. The molecule has 10 heteroatoms. The number of methoxy groups -OCH3 is 1. The number of hydrogen-bond acceptors (Lipinski definition) is 6. The summed E-state index contributed by atoms with van der Waals surface area (Å²) >= 11 is 5.93. The number of nitrogens with one attached hydrogen (secondary N) is 1. The van der Waals surface area contributed by atoms with Crippen molar-refractivity contribution in [3.05, 3.63) is 75.5 Å². The van der Waals surface area contributed by atoms with E-state index in [0.29, 0.717) is 10.6 Å². The van der Waals surface area contributed by atoms with Gasteiger partial charge in [-0.15, -0.1) is 0 Å². The van der Waals surface area contributed by atoms with Gasteiger partial charge in [-0.25, -0.2) is 4.39 Å². The Balaban J connectivity index is 2.14. The summed E-state index contributed by atoms with van der Waals surface area (Å²) in [6, 6.07) is 8.31. The summed E-state index contributed by atoms with van der Waals surface area (Å²) in [5.74, 6) is -1.39. The minimum Gasteiger partial charge on any atom is -0.394 e. The van der Waals surface area contributed by atoms with E-state index in [1.807, 2.05) is 0 Å². The Bertz CT molecular complexity index is 1100. The molecule has 8 nitrogen and oxygen atoms in total. The molecule has 0 fully saturated rings. The number of carbonyl (C=O) groups is 1. The zero-order valence-corrected chi connectivity index (χ0v) is 16.6. The van der Waals surface area contributed by atoms with E-state index >= 15 is 0 Å². The lowest BCUT2D eigenvalue weighted by Crippen LogP contribution is -2.43. The third-order valence-electron chi connectivity index (χ3n) is 4.15. The van der Waals surface area contributed by atoms with E-state index in [-0.39, 0.29) is 30.2 Å². The Morgan fingerprint density at radius 1 is 1.30 bits per heavy atom. The molecule has 156 valence electrons. The fourth-order valence-electron chi connectivity index (χ4n) is 2.71. The van der Waals surface area contributed by atoms with Gasteiger partial charge in [-0.2, -0.15) is 9.78 Å². The number of benzene rings is 1. The van der Waals surface area contributed by atoms with Crippen LogP contribution in [0.3, 0.4) is 0 Å². The number of carbonyl (C=O) groups excluding carboxylic acids is 1. The first-order valence-electron chi connectivity index (χ1n) is 8.85. The van der Waals surface area contributed by atoms with Crippen LogP contribution >= 0.6 is 11.6 Å². The lowest BCUT2D eigenvalue weighted by Gasteiger charge is -2.16. The summed E-state index contributed by atoms with van der Waals surface area (Å²) in [7, 11) is 1.42. The zero-order valence-electron chi connectivity index (χ0n) is 15.9. The molecule has 3 aromatic rings. The number of aliphatic hydroxyl groups excluding tert-OH is 1. The third-order valence-corrected chi connectivity index (χ3v) is 4.41. The molecule has 0 radical (unpaired) electrons. The summed E-state index contributed by atoms with van der Waals surface area (Å²) < 4.78 is 19.5. The fraction of sp³-hybridized carbons (Fsp3) is 0.200. The van der Waals surface area contributed by atoms with Crippen molar-refractivity contribution in [2.75, 3.05) is 20.3 Å². The predicted octanol–water partition coefficient (Wildman–Crippen LogP) is 1.82. The maximum Gasteiger partial charge on any atom is 0.284 e. The average molecular weight is 433 g/mol. The largest absolute Gasteiger partial charge is 0.394 e. The van der Waals surface area contributed by atoms with Crippen LogP contribution in [0.25, 0.3) is 16.9 Å². The molecule has 0 saturated carbocycles. The number of halogens is 2. The molecule has 1 atom stereocenters. The molecule has 0 aliphatic carbocycles. The van der Waals surface area contributed by atoms with Crippen molar-refractivity contribution < 1.29 is 19.0 Å². The van der Waals surface area contributed by atoms with Gasteiger partial charge in [0.15, 0.2) is 0 Å².